The molecule has 1 saturated heterocycles. The van der Waals surface area contributed by atoms with Crippen LogP contribution in [0.4, 0.5) is 0 Å². The zero-order chi connectivity index (χ0) is 18.8. The lowest BCUT2D eigenvalue weighted by atomic mass is 10.2. The number of aromatic nitrogens is 1. The van der Waals surface area contributed by atoms with Gasteiger partial charge in [0, 0.05) is 39.3 Å². The van der Waals surface area contributed by atoms with E-state index in [1.807, 2.05) is 13.8 Å². The molecule has 1 aliphatic heterocycles. The maximum Gasteiger partial charge on any atom is 0.216 e. The van der Waals surface area contributed by atoms with E-state index in [2.05, 4.69) is 44.3 Å². The predicted molar refractivity (Wildman–Crippen MR) is 107 cm³/mol. The molecule has 0 aliphatic carbocycles. The molecule has 0 atom stereocenters. The van der Waals surface area contributed by atoms with Crippen molar-refractivity contribution < 1.29 is 4.42 Å². The number of unbranched alkanes of at least 4 members (excludes halogenated alkanes) is 1. The second kappa shape index (κ2) is 11.2. The third-order valence-corrected chi connectivity index (χ3v) is 4.90. The standard InChI is InChI=1S/C19H36N6O/c1-5-20-19(22-15-18-23-16(3)17(4)26-18)21-9-7-8-10-25-13-11-24(6-2)12-14-25/h5-15H2,1-4H3,(H2,20,21,22). The Labute approximate surface area is 158 Å². The van der Waals surface area contributed by atoms with Crippen LogP contribution in [-0.4, -0.2) is 73.1 Å². The topological polar surface area (TPSA) is 68.9 Å². The van der Waals surface area contributed by atoms with Crippen molar-refractivity contribution in [1.82, 2.24) is 25.4 Å². The van der Waals surface area contributed by atoms with E-state index in [1.165, 1.54) is 45.7 Å². The Bertz CT molecular complexity index is 529. The normalized spacial score (nSPS) is 16.8. The highest BCUT2D eigenvalue weighted by molar-refractivity contribution is 5.79. The van der Waals surface area contributed by atoms with Gasteiger partial charge in [0.1, 0.15) is 12.3 Å². The predicted octanol–water partition coefficient (Wildman–Crippen LogP) is 1.76. The minimum Gasteiger partial charge on any atom is -0.444 e. The van der Waals surface area contributed by atoms with Crippen molar-refractivity contribution in [3.8, 4) is 0 Å². The molecule has 2 rings (SSSR count). The Morgan fingerprint density at radius 1 is 1.08 bits per heavy atom. The first-order valence-corrected chi connectivity index (χ1v) is 10.0. The van der Waals surface area contributed by atoms with E-state index in [4.69, 9.17) is 4.42 Å². The van der Waals surface area contributed by atoms with Gasteiger partial charge in [-0.1, -0.05) is 6.92 Å². The third-order valence-electron chi connectivity index (χ3n) is 4.90. The van der Waals surface area contributed by atoms with Crippen molar-refractivity contribution in [1.29, 1.82) is 0 Å². The summed E-state index contributed by atoms with van der Waals surface area (Å²) < 4.78 is 5.59. The van der Waals surface area contributed by atoms with Crippen molar-refractivity contribution in [2.24, 2.45) is 4.99 Å². The van der Waals surface area contributed by atoms with E-state index in [9.17, 15) is 0 Å². The minimum absolute atomic E-state index is 0.464. The molecule has 0 unspecified atom stereocenters. The summed E-state index contributed by atoms with van der Waals surface area (Å²) >= 11 is 0. The molecule has 148 valence electrons. The number of hydrogen-bond acceptors (Lipinski definition) is 5. The van der Waals surface area contributed by atoms with Crippen molar-refractivity contribution in [2.75, 3.05) is 52.4 Å². The number of aliphatic imine (C=N–C) groups is 1. The van der Waals surface area contributed by atoms with Gasteiger partial charge in [0.05, 0.1) is 5.69 Å². The molecule has 7 nitrogen and oxygen atoms in total. The first-order valence-electron chi connectivity index (χ1n) is 10.0. The summed E-state index contributed by atoms with van der Waals surface area (Å²) in [4.78, 5) is 14.0. The fourth-order valence-electron chi connectivity index (χ4n) is 3.09. The van der Waals surface area contributed by atoms with Crippen molar-refractivity contribution in [3.63, 3.8) is 0 Å². The number of aryl methyl sites for hydroxylation is 2. The zero-order valence-corrected chi connectivity index (χ0v) is 17.0. The molecule has 0 bridgehead atoms. The summed E-state index contributed by atoms with van der Waals surface area (Å²) in [5.41, 5.74) is 0.938. The van der Waals surface area contributed by atoms with Crippen LogP contribution in [0.2, 0.25) is 0 Å². The van der Waals surface area contributed by atoms with Gasteiger partial charge in [-0.25, -0.2) is 9.98 Å². The number of nitrogens with one attached hydrogen (secondary N) is 2. The highest BCUT2D eigenvalue weighted by Crippen LogP contribution is 2.09. The van der Waals surface area contributed by atoms with Crippen LogP contribution in [-0.2, 0) is 6.54 Å². The molecule has 0 saturated carbocycles. The van der Waals surface area contributed by atoms with Crippen molar-refractivity contribution >= 4 is 5.96 Å². The smallest absolute Gasteiger partial charge is 0.216 e. The Balaban J connectivity index is 1.64. The lowest BCUT2D eigenvalue weighted by molar-refractivity contribution is 0.136. The van der Waals surface area contributed by atoms with Crippen molar-refractivity contribution in [2.45, 2.75) is 47.1 Å². The largest absolute Gasteiger partial charge is 0.444 e. The van der Waals surface area contributed by atoms with Crippen LogP contribution in [0.3, 0.4) is 0 Å². The summed E-state index contributed by atoms with van der Waals surface area (Å²) in [7, 11) is 0. The number of guanidine groups is 1. The van der Waals surface area contributed by atoms with Crippen LogP contribution in [0.1, 0.15) is 44.0 Å². The Kier molecular flexibility index (Phi) is 8.91. The van der Waals surface area contributed by atoms with E-state index in [0.29, 0.717) is 12.4 Å². The molecule has 1 aromatic heterocycles. The number of hydrogen-bond donors (Lipinski definition) is 2. The number of likely N-dealkylation sites (N-methyl/N-ethyl adjacent to an activating group) is 1. The lowest BCUT2D eigenvalue weighted by Gasteiger charge is -2.34. The fourth-order valence-corrected chi connectivity index (χ4v) is 3.09. The van der Waals surface area contributed by atoms with Gasteiger partial charge in [0.15, 0.2) is 5.96 Å². The first-order chi connectivity index (χ1) is 12.6. The zero-order valence-electron chi connectivity index (χ0n) is 17.0. The van der Waals surface area contributed by atoms with Crippen LogP contribution < -0.4 is 10.6 Å². The second-order valence-corrected chi connectivity index (χ2v) is 6.85. The average molecular weight is 365 g/mol. The number of rotatable bonds is 9. The maximum absolute atomic E-state index is 5.59. The van der Waals surface area contributed by atoms with E-state index < -0.39 is 0 Å². The molecular weight excluding hydrogens is 328 g/mol. The summed E-state index contributed by atoms with van der Waals surface area (Å²) in [6.45, 7) is 17.7. The third kappa shape index (κ3) is 6.96. The van der Waals surface area contributed by atoms with E-state index >= 15 is 0 Å². The van der Waals surface area contributed by atoms with Crippen LogP contribution in [0, 0.1) is 13.8 Å². The van der Waals surface area contributed by atoms with Gasteiger partial charge < -0.3 is 24.9 Å². The average Bonchev–Trinajstić information content (AvgIpc) is 2.97. The van der Waals surface area contributed by atoms with Gasteiger partial charge in [0.25, 0.3) is 0 Å². The van der Waals surface area contributed by atoms with Gasteiger partial charge in [-0.2, -0.15) is 0 Å². The molecule has 0 amide bonds. The van der Waals surface area contributed by atoms with Crippen LogP contribution in [0.5, 0.6) is 0 Å². The van der Waals surface area contributed by atoms with Crippen molar-refractivity contribution in [3.05, 3.63) is 17.3 Å². The van der Waals surface area contributed by atoms with Crippen LogP contribution in [0.25, 0.3) is 0 Å². The molecule has 1 aliphatic rings. The summed E-state index contributed by atoms with van der Waals surface area (Å²) in [6, 6.07) is 0. The molecule has 0 spiro atoms. The fraction of sp³-hybridized carbons (Fsp3) is 0.789. The number of piperazine rings is 1. The van der Waals surface area contributed by atoms with Gasteiger partial charge in [0.2, 0.25) is 5.89 Å². The molecule has 1 aromatic rings. The van der Waals surface area contributed by atoms with Gasteiger partial charge in [-0.3, -0.25) is 0 Å². The molecule has 1 fully saturated rings. The maximum atomic E-state index is 5.59. The van der Waals surface area contributed by atoms with E-state index in [-0.39, 0.29) is 0 Å². The molecular formula is C19H36N6O. The Hall–Kier alpha value is -1.60. The highest BCUT2D eigenvalue weighted by Gasteiger charge is 2.14. The highest BCUT2D eigenvalue weighted by atomic mass is 16.4. The molecule has 2 heterocycles. The van der Waals surface area contributed by atoms with E-state index in [1.54, 1.807) is 0 Å². The number of oxazole rings is 1. The SMILES string of the molecule is CCNC(=NCc1nc(C)c(C)o1)NCCCCN1CCN(CC)CC1. The van der Waals surface area contributed by atoms with Gasteiger partial charge in [-0.15, -0.1) is 0 Å². The molecule has 7 heteroatoms. The second-order valence-electron chi connectivity index (χ2n) is 6.85. The monoisotopic (exact) mass is 364 g/mol. The number of nitrogens with zero attached hydrogens (tertiary/aromatic N) is 4. The summed E-state index contributed by atoms with van der Waals surface area (Å²) in [5.74, 6) is 2.37. The summed E-state index contributed by atoms with van der Waals surface area (Å²) in [6.07, 6.45) is 2.37. The Morgan fingerprint density at radius 2 is 1.81 bits per heavy atom. The van der Waals surface area contributed by atoms with E-state index in [0.717, 1.165) is 36.9 Å². The summed E-state index contributed by atoms with van der Waals surface area (Å²) in [5, 5.41) is 6.69. The molecule has 0 radical (unpaired) electrons. The van der Waals surface area contributed by atoms with Crippen LogP contribution >= 0.6 is 0 Å². The minimum atomic E-state index is 0.464. The molecule has 26 heavy (non-hydrogen) atoms. The quantitative estimate of drug-likeness (QED) is 0.395. The Morgan fingerprint density at radius 3 is 2.42 bits per heavy atom. The van der Waals surface area contributed by atoms with Gasteiger partial charge >= 0.3 is 0 Å². The van der Waals surface area contributed by atoms with Crippen LogP contribution in [0.15, 0.2) is 9.41 Å². The van der Waals surface area contributed by atoms with Gasteiger partial charge in [-0.05, 0) is 46.7 Å². The molecule has 0 aromatic carbocycles. The first kappa shape index (κ1) is 20.7. The molecule has 2 N–H and O–H groups in total. The lowest BCUT2D eigenvalue weighted by Crippen LogP contribution is -2.46.